The summed E-state index contributed by atoms with van der Waals surface area (Å²) in [5.74, 6) is -1.18. The minimum Gasteiger partial charge on any atom is -0.346 e. The number of likely N-dealkylation sites (N-methyl/N-ethyl adjacent to an activating group) is 1. The fourth-order valence-corrected chi connectivity index (χ4v) is 4.46. The smallest absolute Gasteiger partial charge is 0.313 e. The quantitative estimate of drug-likeness (QED) is 0.727. The molecule has 7 heteroatoms. The molecule has 2 aliphatic heterocycles. The van der Waals surface area contributed by atoms with Crippen LogP contribution in [0.15, 0.2) is 42.5 Å². The van der Waals surface area contributed by atoms with Crippen molar-refractivity contribution in [3.05, 3.63) is 59.2 Å². The van der Waals surface area contributed by atoms with Crippen molar-refractivity contribution in [3.8, 4) is 0 Å². The Morgan fingerprint density at radius 3 is 2.45 bits per heavy atom. The van der Waals surface area contributed by atoms with Crippen LogP contribution in [0.1, 0.15) is 35.6 Å². The van der Waals surface area contributed by atoms with Crippen molar-refractivity contribution in [2.75, 3.05) is 37.4 Å². The van der Waals surface area contributed by atoms with Gasteiger partial charge in [0.05, 0.1) is 11.7 Å². The number of carbonyl (C=O) groups excluding carboxylic acids is 3. The molecule has 0 spiro atoms. The highest BCUT2D eigenvalue weighted by atomic mass is 16.2. The first kappa shape index (κ1) is 21.1. The molecular weight excluding hydrogens is 392 g/mol. The summed E-state index contributed by atoms with van der Waals surface area (Å²) in [5, 5.41) is 5.49. The summed E-state index contributed by atoms with van der Waals surface area (Å²) in [6.07, 6.45) is 2.91. The summed E-state index contributed by atoms with van der Waals surface area (Å²) < 4.78 is 0. The molecule has 4 rings (SSSR count). The molecule has 2 aromatic rings. The summed E-state index contributed by atoms with van der Waals surface area (Å²) in [5.41, 5.74) is 4.80. The Morgan fingerprint density at radius 1 is 1.03 bits per heavy atom. The summed E-state index contributed by atoms with van der Waals surface area (Å²) >= 11 is 0. The van der Waals surface area contributed by atoms with Gasteiger partial charge in [-0.25, -0.2) is 0 Å². The zero-order valence-corrected chi connectivity index (χ0v) is 18.0. The molecule has 0 aromatic heterocycles. The molecule has 3 amide bonds. The van der Waals surface area contributed by atoms with Crippen LogP contribution in [0.3, 0.4) is 0 Å². The molecule has 0 radical (unpaired) electrons. The number of benzene rings is 2. The second-order valence-electron chi connectivity index (χ2n) is 8.35. The number of nitrogens with one attached hydrogen (secondary N) is 2. The molecule has 7 nitrogen and oxygen atoms in total. The van der Waals surface area contributed by atoms with Crippen molar-refractivity contribution in [1.29, 1.82) is 0 Å². The van der Waals surface area contributed by atoms with E-state index >= 15 is 0 Å². The number of rotatable bonds is 5. The Kier molecular flexibility index (Phi) is 6.04. The topological polar surface area (TPSA) is 81.8 Å². The molecule has 1 unspecified atom stereocenters. The van der Waals surface area contributed by atoms with Gasteiger partial charge in [0.2, 0.25) is 5.91 Å². The first-order valence-electron chi connectivity index (χ1n) is 10.7. The first-order chi connectivity index (χ1) is 14.9. The third-order valence-electron chi connectivity index (χ3n) is 6.00. The van der Waals surface area contributed by atoms with Crippen LogP contribution in [0.2, 0.25) is 0 Å². The van der Waals surface area contributed by atoms with Gasteiger partial charge < -0.3 is 20.4 Å². The Bertz CT molecular complexity index is 986. The Balaban J connectivity index is 1.43. The van der Waals surface area contributed by atoms with E-state index in [0.717, 1.165) is 41.8 Å². The van der Waals surface area contributed by atoms with E-state index in [1.807, 2.05) is 66.4 Å². The first-order valence-corrected chi connectivity index (χ1v) is 10.7. The molecule has 2 heterocycles. The Labute approximate surface area is 182 Å². The third-order valence-corrected chi connectivity index (χ3v) is 6.00. The van der Waals surface area contributed by atoms with E-state index in [0.29, 0.717) is 25.1 Å². The van der Waals surface area contributed by atoms with E-state index in [1.165, 1.54) is 0 Å². The molecule has 31 heavy (non-hydrogen) atoms. The number of aryl methyl sites for hydroxylation is 2. The highest BCUT2D eigenvalue weighted by Gasteiger charge is 2.30. The summed E-state index contributed by atoms with van der Waals surface area (Å²) in [7, 11) is 3.88. The van der Waals surface area contributed by atoms with Crippen molar-refractivity contribution in [3.63, 3.8) is 0 Å². The predicted octanol–water partition coefficient (Wildman–Crippen LogP) is 2.27. The zero-order chi connectivity index (χ0) is 22.0. The average Bonchev–Trinajstić information content (AvgIpc) is 2.76. The van der Waals surface area contributed by atoms with Crippen molar-refractivity contribution in [2.24, 2.45) is 0 Å². The zero-order valence-electron chi connectivity index (χ0n) is 18.0. The molecule has 0 aliphatic carbocycles. The van der Waals surface area contributed by atoms with E-state index in [2.05, 4.69) is 10.6 Å². The van der Waals surface area contributed by atoms with Crippen molar-refractivity contribution in [1.82, 2.24) is 10.2 Å². The second-order valence-corrected chi connectivity index (χ2v) is 8.35. The molecule has 162 valence electrons. The van der Waals surface area contributed by atoms with Gasteiger partial charge >= 0.3 is 11.8 Å². The van der Waals surface area contributed by atoms with Gasteiger partial charge in [0, 0.05) is 25.2 Å². The van der Waals surface area contributed by atoms with Crippen LogP contribution >= 0.6 is 0 Å². The average molecular weight is 421 g/mol. The summed E-state index contributed by atoms with van der Waals surface area (Å²) in [6, 6.07) is 13.6. The minimum atomic E-state index is -0.683. The monoisotopic (exact) mass is 420 g/mol. The molecule has 0 saturated carbocycles. The molecule has 0 bridgehead atoms. The van der Waals surface area contributed by atoms with Crippen LogP contribution in [0.25, 0.3) is 0 Å². The van der Waals surface area contributed by atoms with Crippen LogP contribution in [-0.4, -0.2) is 49.8 Å². The maximum atomic E-state index is 12.5. The van der Waals surface area contributed by atoms with Crippen molar-refractivity contribution < 1.29 is 14.4 Å². The van der Waals surface area contributed by atoms with Crippen LogP contribution < -0.4 is 15.5 Å². The van der Waals surface area contributed by atoms with Gasteiger partial charge in [0.25, 0.3) is 0 Å². The molecule has 0 fully saturated rings. The maximum Gasteiger partial charge on any atom is 0.313 e. The standard InChI is InChI=1S/C24H28N4O3/c1-27(2)20(16-7-4-3-5-8-16)15-25-23(30)24(31)26-19-13-17-9-6-12-28-21(29)11-10-18(14-19)22(17)28/h3-5,7-8,13-14,20H,6,9-12,15H2,1-2H3,(H,25,30)(H,26,31). The van der Waals surface area contributed by atoms with Crippen LogP contribution in [-0.2, 0) is 27.2 Å². The lowest BCUT2D eigenvalue weighted by Gasteiger charge is -2.35. The van der Waals surface area contributed by atoms with E-state index in [4.69, 9.17) is 0 Å². The lowest BCUT2D eigenvalue weighted by Crippen LogP contribution is -2.41. The van der Waals surface area contributed by atoms with Crippen LogP contribution in [0.5, 0.6) is 0 Å². The van der Waals surface area contributed by atoms with Crippen molar-refractivity contribution in [2.45, 2.75) is 31.7 Å². The van der Waals surface area contributed by atoms with Crippen LogP contribution in [0, 0.1) is 0 Å². The van der Waals surface area contributed by atoms with Gasteiger partial charge in [-0.1, -0.05) is 30.3 Å². The summed E-state index contributed by atoms with van der Waals surface area (Å²) in [6.45, 7) is 1.08. The number of nitrogens with zero attached hydrogens (tertiary/aromatic N) is 2. The second kappa shape index (κ2) is 8.89. The van der Waals surface area contributed by atoms with Gasteiger partial charge in [-0.2, -0.15) is 0 Å². The van der Waals surface area contributed by atoms with Gasteiger partial charge in [-0.3, -0.25) is 14.4 Å². The Morgan fingerprint density at radius 2 is 1.74 bits per heavy atom. The Hall–Kier alpha value is -3.19. The number of anilines is 2. The number of hydrogen-bond donors (Lipinski definition) is 2. The summed E-state index contributed by atoms with van der Waals surface area (Å²) in [4.78, 5) is 41.1. The van der Waals surface area contributed by atoms with E-state index in [-0.39, 0.29) is 11.9 Å². The van der Waals surface area contributed by atoms with Gasteiger partial charge in [-0.15, -0.1) is 0 Å². The molecular formula is C24H28N4O3. The predicted molar refractivity (Wildman–Crippen MR) is 120 cm³/mol. The molecule has 2 aromatic carbocycles. The van der Waals surface area contributed by atoms with E-state index in [1.54, 1.807) is 0 Å². The van der Waals surface area contributed by atoms with E-state index in [9.17, 15) is 14.4 Å². The molecule has 2 N–H and O–H groups in total. The lowest BCUT2D eigenvalue weighted by molar-refractivity contribution is -0.136. The van der Waals surface area contributed by atoms with E-state index < -0.39 is 11.8 Å². The molecule has 0 saturated heterocycles. The van der Waals surface area contributed by atoms with Gasteiger partial charge in [0.15, 0.2) is 0 Å². The lowest BCUT2D eigenvalue weighted by atomic mass is 9.91. The normalized spacial score (nSPS) is 16.0. The highest BCUT2D eigenvalue weighted by Crippen LogP contribution is 2.37. The molecule has 2 aliphatic rings. The number of amides is 3. The molecule has 1 atom stereocenters. The SMILES string of the molecule is CN(C)C(CNC(=O)C(=O)Nc1cc2c3c(c1)CCC(=O)N3CCC2)c1ccccc1. The highest BCUT2D eigenvalue weighted by molar-refractivity contribution is 6.39. The fourth-order valence-electron chi connectivity index (χ4n) is 4.46. The number of carbonyl (C=O) groups is 3. The van der Waals surface area contributed by atoms with Gasteiger partial charge in [-0.05, 0) is 62.2 Å². The minimum absolute atomic E-state index is 0.0327. The maximum absolute atomic E-state index is 12.5. The van der Waals surface area contributed by atoms with Crippen molar-refractivity contribution >= 4 is 29.1 Å². The van der Waals surface area contributed by atoms with Crippen LogP contribution in [0.4, 0.5) is 11.4 Å². The third kappa shape index (κ3) is 4.46. The van der Waals surface area contributed by atoms with Gasteiger partial charge in [0.1, 0.15) is 0 Å². The largest absolute Gasteiger partial charge is 0.346 e. The number of hydrogen-bond acceptors (Lipinski definition) is 4. The fraction of sp³-hybridized carbons (Fsp3) is 0.375.